The van der Waals surface area contributed by atoms with E-state index in [2.05, 4.69) is 22.3 Å². The Morgan fingerprint density at radius 2 is 1.68 bits per heavy atom. The van der Waals surface area contributed by atoms with Crippen LogP contribution in [0, 0.1) is 11.8 Å². The third-order valence-electron chi connectivity index (χ3n) is 6.25. The maximum atomic E-state index is 12.8. The van der Waals surface area contributed by atoms with Crippen LogP contribution >= 0.6 is 0 Å². The van der Waals surface area contributed by atoms with Crippen molar-refractivity contribution in [2.75, 3.05) is 45.1 Å². The Morgan fingerprint density at radius 1 is 1.04 bits per heavy atom. The molecular weight excluding hydrogens is 348 g/mol. The summed E-state index contributed by atoms with van der Waals surface area (Å²) in [5, 5.41) is 3.09. The van der Waals surface area contributed by atoms with Crippen molar-refractivity contribution >= 4 is 11.6 Å². The predicted molar refractivity (Wildman–Crippen MR) is 113 cm³/mol. The van der Waals surface area contributed by atoms with Gasteiger partial charge < -0.3 is 20.9 Å². The molecule has 1 amide bonds. The molecule has 2 fully saturated rings. The Labute approximate surface area is 167 Å². The molecule has 5 heteroatoms. The molecule has 2 saturated heterocycles. The number of benzene rings is 2. The Hall–Kier alpha value is -2.37. The van der Waals surface area contributed by atoms with Crippen LogP contribution in [0.25, 0.3) is 0 Å². The zero-order valence-electron chi connectivity index (χ0n) is 16.6. The summed E-state index contributed by atoms with van der Waals surface area (Å²) >= 11 is 0. The van der Waals surface area contributed by atoms with Crippen LogP contribution in [0.3, 0.4) is 0 Å². The first kappa shape index (κ1) is 19.0. The van der Waals surface area contributed by atoms with Crippen LogP contribution in [0.15, 0.2) is 54.6 Å². The van der Waals surface area contributed by atoms with Crippen molar-refractivity contribution in [2.24, 2.45) is 17.6 Å². The van der Waals surface area contributed by atoms with Crippen LogP contribution < -0.4 is 11.1 Å². The minimum atomic E-state index is 0.0975. The van der Waals surface area contributed by atoms with E-state index in [1.807, 2.05) is 54.4 Å². The number of nitrogens with zero attached hydrogens (tertiary/aromatic N) is 2. The van der Waals surface area contributed by atoms with Gasteiger partial charge in [0.05, 0.1) is 0 Å². The van der Waals surface area contributed by atoms with Gasteiger partial charge in [0.25, 0.3) is 5.91 Å². The molecule has 3 atom stereocenters. The van der Waals surface area contributed by atoms with E-state index in [9.17, 15) is 4.79 Å². The molecule has 5 nitrogen and oxygen atoms in total. The number of nitrogens with two attached hydrogens (primary N) is 1. The second-order valence-electron chi connectivity index (χ2n) is 8.12. The number of rotatable bonds is 6. The smallest absolute Gasteiger partial charge is 0.253 e. The molecule has 148 valence electrons. The van der Waals surface area contributed by atoms with Gasteiger partial charge in [-0.2, -0.15) is 0 Å². The zero-order chi connectivity index (χ0) is 19.5. The molecule has 2 aliphatic rings. The summed E-state index contributed by atoms with van der Waals surface area (Å²) in [6, 6.07) is 18.2. The van der Waals surface area contributed by atoms with Gasteiger partial charge in [0.15, 0.2) is 0 Å². The third-order valence-corrected chi connectivity index (χ3v) is 6.25. The van der Waals surface area contributed by atoms with E-state index in [-0.39, 0.29) is 11.9 Å². The summed E-state index contributed by atoms with van der Waals surface area (Å²) in [4.78, 5) is 17.4. The molecule has 2 unspecified atom stereocenters. The molecule has 2 aliphatic heterocycles. The fraction of sp³-hybridized carbons (Fsp3) is 0.435. The first-order valence-electron chi connectivity index (χ1n) is 10.2. The summed E-state index contributed by atoms with van der Waals surface area (Å²) in [6.07, 6.45) is 0.976. The van der Waals surface area contributed by atoms with Crippen LogP contribution in [0.1, 0.15) is 28.4 Å². The van der Waals surface area contributed by atoms with Crippen molar-refractivity contribution in [3.63, 3.8) is 0 Å². The zero-order valence-corrected chi connectivity index (χ0v) is 16.6. The average Bonchev–Trinajstić information content (AvgIpc) is 3.31. The van der Waals surface area contributed by atoms with E-state index in [1.54, 1.807) is 0 Å². The van der Waals surface area contributed by atoms with Gasteiger partial charge in [-0.3, -0.25) is 4.79 Å². The normalized spacial score (nSPS) is 22.9. The second-order valence-corrected chi connectivity index (χ2v) is 8.12. The van der Waals surface area contributed by atoms with Gasteiger partial charge in [0.2, 0.25) is 0 Å². The lowest BCUT2D eigenvalue weighted by Crippen LogP contribution is -2.34. The number of carbonyl (C=O) groups excluding carboxylic acids is 1. The first-order valence-corrected chi connectivity index (χ1v) is 10.2. The van der Waals surface area contributed by atoms with Gasteiger partial charge in [-0.25, -0.2) is 0 Å². The second kappa shape index (κ2) is 8.33. The number of carbonyl (C=O) groups is 1. The highest BCUT2D eigenvalue weighted by Crippen LogP contribution is 2.32. The number of hydrogen-bond acceptors (Lipinski definition) is 4. The lowest BCUT2D eigenvalue weighted by Gasteiger charge is -2.23. The third kappa shape index (κ3) is 4.05. The Kier molecular flexibility index (Phi) is 5.64. The highest BCUT2D eigenvalue weighted by Gasteiger charge is 2.41. The maximum Gasteiger partial charge on any atom is 0.253 e. The number of nitrogens with one attached hydrogen (secondary N) is 1. The molecule has 2 heterocycles. The van der Waals surface area contributed by atoms with Crippen molar-refractivity contribution in [2.45, 2.75) is 12.5 Å². The van der Waals surface area contributed by atoms with Crippen LogP contribution in [-0.4, -0.2) is 55.5 Å². The van der Waals surface area contributed by atoms with Gasteiger partial charge in [0, 0.05) is 50.5 Å². The Balaban J connectivity index is 1.26. The highest BCUT2D eigenvalue weighted by molar-refractivity contribution is 5.94. The van der Waals surface area contributed by atoms with Gasteiger partial charge >= 0.3 is 0 Å². The predicted octanol–water partition coefficient (Wildman–Crippen LogP) is 2.82. The SMILES string of the molecule is CNc1ccc(C(=O)N2CC3CN(CC[C@H](N)c4ccccc4)CC3C2)cc1. The molecule has 0 aromatic heterocycles. The molecule has 2 aromatic rings. The summed E-state index contributed by atoms with van der Waals surface area (Å²) in [5.41, 5.74) is 9.37. The summed E-state index contributed by atoms with van der Waals surface area (Å²) in [5.74, 6) is 1.34. The number of fused-ring (bicyclic) bond motifs is 1. The highest BCUT2D eigenvalue weighted by atomic mass is 16.2. The minimum Gasteiger partial charge on any atom is -0.388 e. The average molecular weight is 379 g/mol. The van der Waals surface area contributed by atoms with E-state index < -0.39 is 0 Å². The number of amides is 1. The fourth-order valence-corrected chi connectivity index (χ4v) is 4.59. The molecule has 2 aromatic carbocycles. The van der Waals surface area contributed by atoms with Crippen LogP contribution in [-0.2, 0) is 0 Å². The largest absolute Gasteiger partial charge is 0.388 e. The van der Waals surface area contributed by atoms with Gasteiger partial charge in [0.1, 0.15) is 0 Å². The molecule has 0 bridgehead atoms. The van der Waals surface area contributed by atoms with Gasteiger partial charge in [-0.1, -0.05) is 30.3 Å². The summed E-state index contributed by atoms with van der Waals surface area (Å²) in [7, 11) is 1.89. The number of likely N-dealkylation sites (tertiary alicyclic amines) is 2. The standard InChI is InChI=1S/C23H30N4O/c1-25-21-9-7-18(8-10-21)23(28)27-15-19-13-26(14-20(19)16-27)12-11-22(24)17-5-3-2-4-6-17/h2-10,19-20,22,25H,11-16,24H2,1H3/t19?,20?,22-/m0/s1. The van der Waals surface area contributed by atoms with E-state index >= 15 is 0 Å². The molecule has 0 spiro atoms. The van der Waals surface area contributed by atoms with Crippen LogP contribution in [0.5, 0.6) is 0 Å². The van der Waals surface area contributed by atoms with Crippen molar-refractivity contribution in [1.82, 2.24) is 9.80 Å². The van der Waals surface area contributed by atoms with Gasteiger partial charge in [-0.05, 0) is 54.6 Å². The monoisotopic (exact) mass is 378 g/mol. The molecule has 0 saturated carbocycles. The van der Waals surface area contributed by atoms with Crippen molar-refractivity contribution in [3.05, 3.63) is 65.7 Å². The summed E-state index contributed by atoms with van der Waals surface area (Å²) < 4.78 is 0. The van der Waals surface area contributed by atoms with Crippen molar-refractivity contribution in [1.29, 1.82) is 0 Å². The van der Waals surface area contributed by atoms with E-state index in [4.69, 9.17) is 5.73 Å². The first-order chi connectivity index (χ1) is 13.6. The van der Waals surface area contributed by atoms with E-state index in [1.165, 1.54) is 5.56 Å². The molecule has 3 N–H and O–H groups in total. The number of anilines is 1. The lowest BCUT2D eigenvalue weighted by molar-refractivity contribution is 0.0774. The van der Waals surface area contributed by atoms with Crippen LogP contribution in [0.2, 0.25) is 0 Å². The van der Waals surface area contributed by atoms with E-state index in [0.29, 0.717) is 11.8 Å². The van der Waals surface area contributed by atoms with E-state index in [0.717, 1.165) is 50.4 Å². The molecule has 0 radical (unpaired) electrons. The maximum absolute atomic E-state index is 12.8. The Morgan fingerprint density at radius 3 is 2.29 bits per heavy atom. The molecule has 28 heavy (non-hydrogen) atoms. The molecule has 4 rings (SSSR count). The van der Waals surface area contributed by atoms with Crippen molar-refractivity contribution < 1.29 is 4.79 Å². The quantitative estimate of drug-likeness (QED) is 0.811. The van der Waals surface area contributed by atoms with Gasteiger partial charge in [-0.15, -0.1) is 0 Å². The number of hydrogen-bond donors (Lipinski definition) is 2. The van der Waals surface area contributed by atoms with Crippen LogP contribution in [0.4, 0.5) is 5.69 Å². The Bertz CT molecular complexity index is 778. The fourth-order valence-electron chi connectivity index (χ4n) is 4.59. The summed E-state index contributed by atoms with van der Waals surface area (Å²) in [6.45, 7) is 4.93. The van der Waals surface area contributed by atoms with Crippen molar-refractivity contribution in [3.8, 4) is 0 Å². The minimum absolute atomic E-state index is 0.0975. The lowest BCUT2D eigenvalue weighted by atomic mass is 10.0. The topological polar surface area (TPSA) is 61.6 Å². The molecular formula is C23H30N4O. The molecule has 0 aliphatic carbocycles.